The highest BCUT2D eigenvalue weighted by Gasteiger charge is 2.29. The van der Waals surface area contributed by atoms with E-state index in [0.29, 0.717) is 12.1 Å². The van der Waals surface area contributed by atoms with Crippen LogP contribution in [0.3, 0.4) is 0 Å². The summed E-state index contributed by atoms with van der Waals surface area (Å²) in [6, 6.07) is 9.02. The van der Waals surface area contributed by atoms with Crippen LogP contribution in [0.4, 0.5) is 6.01 Å². The van der Waals surface area contributed by atoms with Crippen LogP contribution in [0.15, 0.2) is 28.7 Å². The normalized spacial score (nSPS) is 22.2. The number of anilines is 1. The van der Waals surface area contributed by atoms with E-state index in [4.69, 9.17) is 4.42 Å². The van der Waals surface area contributed by atoms with Gasteiger partial charge in [0.2, 0.25) is 5.91 Å². The Morgan fingerprint density at radius 2 is 2.04 bits per heavy atom. The van der Waals surface area contributed by atoms with E-state index in [-0.39, 0.29) is 11.8 Å². The Morgan fingerprint density at radius 3 is 2.81 bits per heavy atom. The van der Waals surface area contributed by atoms with Crippen molar-refractivity contribution in [2.45, 2.75) is 38.6 Å². The van der Waals surface area contributed by atoms with Crippen molar-refractivity contribution < 1.29 is 9.21 Å². The standard InChI is InChI=1S/C20H28N4O2/c1-2-23-11-5-6-16(23)14-21-19(25)15-9-12-24(13-10-15)20-22-17-7-3-4-8-18(17)26-20/h3-4,7-8,15-16H,2,5-6,9-14H2,1H3,(H,21,25). The smallest absolute Gasteiger partial charge is 0.298 e. The lowest BCUT2D eigenvalue weighted by Gasteiger charge is -2.30. The van der Waals surface area contributed by atoms with Gasteiger partial charge < -0.3 is 14.6 Å². The van der Waals surface area contributed by atoms with Gasteiger partial charge in [0.25, 0.3) is 6.01 Å². The molecule has 2 aromatic rings. The van der Waals surface area contributed by atoms with E-state index in [1.165, 1.54) is 19.4 Å². The van der Waals surface area contributed by atoms with Crippen molar-refractivity contribution in [3.8, 4) is 0 Å². The van der Waals surface area contributed by atoms with Gasteiger partial charge in [0.1, 0.15) is 5.52 Å². The lowest BCUT2D eigenvalue weighted by Crippen LogP contribution is -2.45. The third kappa shape index (κ3) is 3.56. The zero-order valence-electron chi connectivity index (χ0n) is 15.5. The van der Waals surface area contributed by atoms with E-state index in [0.717, 1.165) is 50.1 Å². The third-order valence-electron chi connectivity index (χ3n) is 5.84. The number of benzene rings is 1. The number of nitrogens with zero attached hydrogens (tertiary/aromatic N) is 3. The molecule has 0 spiro atoms. The molecular formula is C20H28N4O2. The minimum atomic E-state index is 0.104. The molecule has 3 heterocycles. The first-order valence-electron chi connectivity index (χ1n) is 9.87. The van der Waals surface area contributed by atoms with Crippen molar-refractivity contribution in [1.82, 2.24) is 15.2 Å². The summed E-state index contributed by atoms with van der Waals surface area (Å²) in [6.45, 7) is 6.86. The Balaban J connectivity index is 1.28. The topological polar surface area (TPSA) is 61.6 Å². The molecule has 2 fully saturated rings. The molecule has 1 unspecified atom stereocenters. The minimum Gasteiger partial charge on any atom is -0.423 e. The van der Waals surface area contributed by atoms with E-state index in [1.807, 2.05) is 24.3 Å². The second-order valence-electron chi connectivity index (χ2n) is 7.40. The van der Waals surface area contributed by atoms with Gasteiger partial charge in [-0.1, -0.05) is 19.1 Å². The summed E-state index contributed by atoms with van der Waals surface area (Å²) in [5.41, 5.74) is 1.71. The molecule has 1 amide bonds. The van der Waals surface area contributed by atoms with Crippen molar-refractivity contribution in [1.29, 1.82) is 0 Å². The number of piperidine rings is 1. The highest BCUT2D eigenvalue weighted by molar-refractivity contribution is 5.79. The lowest BCUT2D eigenvalue weighted by molar-refractivity contribution is -0.125. The fourth-order valence-corrected chi connectivity index (χ4v) is 4.23. The number of para-hydroxylation sites is 2. The summed E-state index contributed by atoms with van der Waals surface area (Å²) in [5, 5.41) is 3.20. The molecule has 1 aromatic heterocycles. The molecule has 2 aliphatic rings. The van der Waals surface area contributed by atoms with Gasteiger partial charge in [-0.25, -0.2) is 0 Å². The molecule has 26 heavy (non-hydrogen) atoms. The Hall–Kier alpha value is -2.08. The number of likely N-dealkylation sites (tertiary alicyclic amines) is 1. The van der Waals surface area contributed by atoms with Gasteiger partial charge in [-0.05, 0) is 50.9 Å². The second kappa shape index (κ2) is 7.66. The Labute approximate surface area is 154 Å². The first-order valence-corrected chi connectivity index (χ1v) is 9.87. The van der Waals surface area contributed by atoms with E-state index >= 15 is 0 Å². The van der Waals surface area contributed by atoms with Crippen LogP contribution >= 0.6 is 0 Å². The van der Waals surface area contributed by atoms with E-state index in [9.17, 15) is 4.79 Å². The van der Waals surface area contributed by atoms with Crippen LogP contribution < -0.4 is 10.2 Å². The number of carbonyl (C=O) groups is 1. The fourth-order valence-electron chi connectivity index (χ4n) is 4.23. The molecule has 2 aliphatic heterocycles. The largest absolute Gasteiger partial charge is 0.423 e. The van der Waals surface area contributed by atoms with Gasteiger partial charge in [-0.3, -0.25) is 9.69 Å². The highest BCUT2D eigenvalue weighted by Crippen LogP contribution is 2.26. The molecule has 0 radical (unpaired) electrons. The first-order chi connectivity index (χ1) is 12.7. The monoisotopic (exact) mass is 356 g/mol. The number of hydrogen-bond acceptors (Lipinski definition) is 5. The molecule has 1 aromatic carbocycles. The third-order valence-corrected chi connectivity index (χ3v) is 5.84. The van der Waals surface area contributed by atoms with Gasteiger partial charge in [0.05, 0.1) is 0 Å². The van der Waals surface area contributed by atoms with Crippen LogP contribution in [0.25, 0.3) is 11.1 Å². The van der Waals surface area contributed by atoms with Gasteiger partial charge in [-0.2, -0.15) is 4.98 Å². The van der Waals surface area contributed by atoms with Crippen LogP contribution in [0.2, 0.25) is 0 Å². The summed E-state index contributed by atoms with van der Waals surface area (Å²) in [4.78, 5) is 21.7. The predicted molar refractivity (Wildman–Crippen MR) is 102 cm³/mol. The van der Waals surface area contributed by atoms with E-state index in [2.05, 4.69) is 27.0 Å². The van der Waals surface area contributed by atoms with Crippen molar-refractivity contribution in [2.75, 3.05) is 37.6 Å². The van der Waals surface area contributed by atoms with Crippen molar-refractivity contribution in [3.63, 3.8) is 0 Å². The minimum absolute atomic E-state index is 0.104. The lowest BCUT2D eigenvalue weighted by atomic mass is 9.96. The molecule has 4 rings (SSSR count). The molecule has 1 atom stereocenters. The maximum Gasteiger partial charge on any atom is 0.298 e. The first kappa shape index (κ1) is 17.3. The van der Waals surface area contributed by atoms with Crippen molar-refractivity contribution >= 4 is 23.0 Å². The molecule has 1 N–H and O–H groups in total. The van der Waals surface area contributed by atoms with Crippen LogP contribution in [-0.2, 0) is 4.79 Å². The summed E-state index contributed by atoms with van der Waals surface area (Å²) < 4.78 is 5.85. The van der Waals surface area contributed by atoms with Gasteiger partial charge in [0.15, 0.2) is 5.58 Å². The average Bonchev–Trinajstić information content (AvgIpc) is 3.32. The predicted octanol–water partition coefficient (Wildman–Crippen LogP) is 2.64. The summed E-state index contributed by atoms with van der Waals surface area (Å²) in [5.74, 6) is 0.317. The van der Waals surface area contributed by atoms with Gasteiger partial charge in [-0.15, -0.1) is 0 Å². The number of likely N-dealkylation sites (N-methyl/N-ethyl adjacent to an activating group) is 1. The van der Waals surface area contributed by atoms with Crippen LogP contribution in [-0.4, -0.2) is 54.6 Å². The summed E-state index contributed by atoms with van der Waals surface area (Å²) in [7, 11) is 0. The molecule has 0 saturated carbocycles. The molecule has 0 bridgehead atoms. The van der Waals surface area contributed by atoms with Crippen LogP contribution in [0, 0.1) is 5.92 Å². The van der Waals surface area contributed by atoms with E-state index in [1.54, 1.807) is 0 Å². The quantitative estimate of drug-likeness (QED) is 0.892. The SMILES string of the molecule is CCN1CCCC1CNC(=O)C1CCN(c2nc3ccccc3o2)CC1. The molecular weight excluding hydrogens is 328 g/mol. The van der Waals surface area contributed by atoms with Crippen LogP contribution in [0.5, 0.6) is 0 Å². The zero-order chi connectivity index (χ0) is 17.9. The number of rotatable bonds is 5. The number of hydrogen-bond donors (Lipinski definition) is 1. The number of fused-ring (bicyclic) bond motifs is 1. The molecule has 6 nitrogen and oxygen atoms in total. The van der Waals surface area contributed by atoms with Crippen molar-refractivity contribution in [2.24, 2.45) is 5.92 Å². The summed E-state index contributed by atoms with van der Waals surface area (Å²) >= 11 is 0. The highest BCUT2D eigenvalue weighted by atomic mass is 16.4. The van der Waals surface area contributed by atoms with Gasteiger partial charge >= 0.3 is 0 Å². The fraction of sp³-hybridized carbons (Fsp3) is 0.600. The second-order valence-corrected chi connectivity index (χ2v) is 7.40. The molecule has 0 aliphatic carbocycles. The molecule has 6 heteroatoms. The Morgan fingerprint density at radius 1 is 1.23 bits per heavy atom. The van der Waals surface area contributed by atoms with E-state index < -0.39 is 0 Å². The number of nitrogens with one attached hydrogen (secondary N) is 1. The van der Waals surface area contributed by atoms with Gasteiger partial charge in [0, 0.05) is 31.6 Å². The maximum absolute atomic E-state index is 12.5. The number of aromatic nitrogens is 1. The number of oxazole rings is 1. The van der Waals surface area contributed by atoms with Crippen LogP contribution in [0.1, 0.15) is 32.6 Å². The maximum atomic E-state index is 12.5. The molecule has 2 saturated heterocycles. The Kier molecular flexibility index (Phi) is 5.11. The van der Waals surface area contributed by atoms with Crippen molar-refractivity contribution in [3.05, 3.63) is 24.3 Å². The zero-order valence-corrected chi connectivity index (χ0v) is 15.5. The average molecular weight is 356 g/mol. The number of amides is 1. The summed E-state index contributed by atoms with van der Waals surface area (Å²) in [6.07, 6.45) is 4.15. The number of carbonyl (C=O) groups excluding carboxylic acids is 1. The molecule has 140 valence electrons. The Bertz CT molecular complexity index is 718.